The fraction of sp³-hybridized carbons (Fsp3) is 0.591. The van der Waals surface area contributed by atoms with Crippen molar-refractivity contribution >= 4 is 29.7 Å². The molecule has 3 heterocycles. The van der Waals surface area contributed by atoms with Crippen molar-refractivity contribution in [1.82, 2.24) is 26.4 Å². The van der Waals surface area contributed by atoms with Crippen LogP contribution in [-0.2, 0) is 25.7 Å². The molecule has 0 aromatic heterocycles. The van der Waals surface area contributed by atoms with Gasteiger partial charge in [0.05, 0.1) is 36.6 Å². The molecule has 180 valence electrons. The highest BCUT2D eigenvalue weighted by molar-refractivity contribution is 8.00. The maximum absolute atomic E-state index is 12.8. The third-order valence-electron chi connectivity index (χ3n) is 6.01. The van der Waals surface area contributed by atoms with Crippen LogP contribution in [0.3, 0.4) is 0 Å². The van der Waals surface area contributed by atoms with Crippen molar-refractivity contribution in [3.05, 3.63) is 35.9 Å². The van der Waals surface area contributed by atoms with Crippen molar-refractivity contribution < 1.29 is 23.9 Å². The number of nitrogens with one attached hydrogen (secondary N) is 4. The maximum atomic E-state index is 12.8. The Kier molecular flexibility index (Phi) is 8.57. The number of fused-ring (bicyclic) bond motifs is 1. The molecule has 1 aromatic rings. The predicted octanol–water partition coefficient (Wildman–Crippen LogP) is 0.407. The second-order valence-corrected chi connectivity index (χ2v) is 9.58. The van der Waals surface area contributed by atoms with Crippen LogP contribution in [0.15, 0.2) is 30.3 Å². The highest BCUT2D eigenvalue weighted by Gasteiger charge is 2.39. The van der Waals surface area contributed by atoms with E-state index in [1.165, 1.54) is 11.8 Å². The minimum Gasteiger partial charge on any atom is -0.447 e. The predicted molar refractivity (Wildman–Crippen MR) is 123 cm³/mol. The molecule has 3 aliphatic rings. The van der Waals surface area contributed by atoms with E-state index in [9.17, 15) is 14.4 Å². The zero-order valence-electron chi connectivity index (χ0n) is 18.5. The van der Waals surface area contributed by atoms with Gasteiger partial charge in [-0.2, -0.15) is 0 Å². The second kappa shape index (κ2) is 11.8. The van der Waals surface area contributed by atoms with Gasteiger partial charge in [-0.1, -0.05) is 30.3 Å². The number of ether oxygens (including phenoxy) is 2. The molecule has 4 atom stereocenters. The number of thioether (sulfide) groups is 1. The first-order chi connectivity index (χ1) is 16.1. The van der Waals surface area contributed by atoms with E-state index in [4.69, 9.17) is 9.47 Å². The molecule has 4 rings (SSSR count). The molecule has 33 heavy (non-hydrogen) atoms. The van der Waals surface area contributed by atoms with Gasteiger partial charge in [0.15, 0.2) is 0 Å². The lowest BCUT2D eigenvalue weighted by Gasteiger charge is -2.35. The average molecular weight is 478 g/mol. The molecule has 3 aliphatic heterocycles. The molecule has 0 saturated carbocycles. The summed E-state index contributed by atoms with van der Waals surface area (Å²) in [6.45, 7) is 2.86. The molecule has 3 fully saturated rings. The third kappa shape index (κ3) is 6.67. The number of amides is 3. The standard InChI is InChI=1S/C22H31N5O5S/c28-19(16-12-23-18-6-8-24-27(18)13-16)25-21-17(7-11-33-21)20(29)26-22(30)32-10-9-31-14-15-4-2-1-3-5-15/h1-5,16-18,21,23-24H,6-14H2,(H,25,28)(H,26,29,30). The molecule has 3 amide bonds. The molecule has 0 aliphatic carbocycles. The Morgan fingerprint density at radius 1 is 1.12 bits per heavy atom. The number of benzene rings is 1. The molecular formula is C22H31N5O5S. The van der Waals surface area contributed by atoms with Crippen LogP contribution in [0.1, 0.15) is 18.4 Å². The fourth-order valence-electron chi connectivity index (χ4n) is 4.22. The number of hydrogen-bond donors (Lipinski definition) is 4. The highest BCUT2D eigenvalue weighted by atomic mass is 32.2. The van der Waals surface area contributed by atoms with Crippen molar-refractivity contribution in [1.29, 1.82) is 0 Å². The van der Waals surface area contributed by atoms with Gasteiger partial charge in [0.2, 0.25) is 11.8 Å². The number of carbonyl (C=O) groups is 3. The largest absolute Gasteiger partial charge is 0.447 e. The summed E-state index contributed by atoms with van der Waals surface area (Å²) in [5, 5.41) is 10.4. The summed E-state index contributed by atoms with van der Waals surface area (Å²) in [5.74, 6) is -0.439. The van der Waals surface area contributed by atoms with Crippen LogP contribution in [0.5, 0.6) is 0 Å². The SMILES string of the molecule is O=C(NC(=O)C1CCSC1NC(=O)C1CNC2CCNN2C1)OCCOCc1ccccc1. The van der Waals surface area contributed by atoms with Crippen molar-refractivity contribution in [2.24, 2.45) is 11.8 Å². The van der Waals surface area contributed by atoms with Gasteiger partial charge >= 0.3 is 6.09 Å². The van der Waals surface area contributed by atoms with E-state index in [0.29, 0.717) is 26.1 Å². The van der Waals surface area contributed by atoms with Crippen LogP contribution in [0.2, 0.25) is 0 Å². The molecule has 0 spiro atoms. The first-order valence-electron chi connectivity index (χ1n) is 11.3. The topological polar surface area (TPSA) is 121 Å². The number of rotatable bonds is 8. The molecule has 3 saturated heterocycles. The number of hydrogen-bond acceptors (Lipinski definition) is 9. The summed E-state index contributed by atoms with van der Waals surface area (Å²) < 4.78 is 10.5. The molecule has 10 nitrogen and oxygen atoms in total. The van der Waals surface area contributed by atoms with Gasteiger partial charge in [0, 0.05) is 19.6 Å². The van der Waals surface area contributed by atoms with Crippen LogP contribution in [-0.4, -0.2) is 73.1 Å². The summed E-state index contributed by atoms with van der Waals surface area (Å²) in [5.41, 5.74) is 4.31. The summed E-state index contributed by atoms with van der Waals surface area (Å²) >= 11 is 1.53. The van der Waals surface area contributed by atoms with Crippen molar-refractivity contribution in [3.8, 4) is 0 Å². The van der Waals surface area contributed by atoms with Gasteiger partial charge in [-0.25, -0.2) is 9.80 Å². The number of carbonyl (C=O) groups excluding carboxylic acids is 3. The summed E-state index contributed by atoms with van der Waals surface area (Å²) in [6.07, 6.45) is 1.09. The maximum Gasteiger partial charge on any atom is 0.413 e. The smallest absolute Gasteiger partial charge is 0.413 e. The first-order valence-corrected chi connectivity index (χ1v) is 12.4. The van der Waals surface area contributed by atoms with Crippen LogP contribution in [0.4, 0.5) is 4.79 Å². The van der Waals surface area contributed by atoms with Crippen LogP contribution < -0.4 is 21.4 Å². The van der Waals surface area contributed by atoms with Gasteiger partial charge in [0.1, 0.15) is 6.61 Å². The van der Waals surface area contributed by atoms with Crippen molar-refractivity contribution in [3.63, 3.8) is 0 Å². The molecule has 4 unspecified atom stereocenters. The first kappa shape index (κ1) is 24.0. The van der Waals surface area contributed by atoms with E-state index in [0.717, 1.165) is 24.3 Å². The summed E-state index contributed by atoms with van der Waals surface area (Å²) in [4.78, 5) is 37.4. The van der Waals surface area contributed by atoms with Gasteiger partial charge in [-0.3, -0.25) is 25.6 Å². The van der Waals surface area contributed by atoms with E-state index in [-0.39, 0.29) is 36.6 Å². The Hall–Kier alpha value is -2.18. The Morgan fingerprint density at radius 2 is 1.97 bits per heavy atom. The molecular weight excluding hydrogens is 446 g/mol. The molecule has 0 radical (unpaired) electrons. The Balaban J connectivity index is 1.15. The van der Waals surface area contributed by atoms with Crippen LogP contribution in [0.25, 0.3) is 0 Å². The quantitative estimate of drug-likeness (QED) is 0.395. The Bertz CT molecular complexity index is 829. The van der Waals surface area contributed by atoms with E-state index < -0.39 is 17.9 Å². The molecule has 1 aromatic carbocycles. The molecule has 0 bridgehead atoms. The summed E-state index contributed by atoms with van der Waals surface area (Å²) in [6, 6.07) is 9.69. The van der Waals surface area contributed by atoms with Gasteiger partial charge < -0.3 is 14.8 Å². The summed E-state index contributed by atoms with van der Waals surface area (Å²) in [7, 11) is 0. The average Bonchev–Trinajstić information content (AvgIpc) is 3.48. The van der Waals surface area contributed by atoms with E-state index in [1.807, 2.05) is 30.3 Å². The van der Waals surface area contributed by atoms with E-state index >= 15 is 0 Å². The number of nitrogens with zero attached hydrogens (tertiary/aromatic N) is 1. The zero-order chi connectivity index (χ0) is 23.0. The zero-order valence-corrected chi connectivity index (χ0v) is 19.3. The highest BCUT2D eigenvalue weighted by Crippen LogP contribution is 2.31. The lowest BCUT2D eigenvalue weighted by Crippen LogP contribution is -2.59. The minimum atomic E-state index is -0.798. The van der Waals surface area contributed by atoms with Gasteiger partial charge in [0.25, 0.3) is 0 Å². The Morgan fingerprint density at radius 3 is 2.82 bits per heavy atom. The monoisotopic (exact) mass is 477 g/mol. The van der Waals surface area contributed by atoms with E-state index in [2.05, 4.69) is 26.4 Å². The lowest BCUT2D eigenvalue weighted by atomic mass is 10.0. The molecule has 11 heteroatoms. The number of hydrazine groups is 1. The number of imide groups is 1. The van der Waals surface area contributed by atoms with Gasteiger partial charge in [-0.15, -0.1) is 11.8 Å². The van der Waals surface area contributed by atoms with Crippen molar-refractivity contribution in [2.75, 3.05) is 38.6 Å². The Labute approximate surface area is 197 Å². The minimum absolute atomic E-state index is 0.0474. The van der Waals surface area contributed by atoms with Crippen LogP contribution >= 0.6 is 11.8 Å². The van der Waals surface area contributed by atoms with E-state index in [1.54, 1.807) is 0 Å². The van der Waals surface area contributed by atoms with Gasteiger partial charge in [-0.05, 0) is 24.2 Å². The third-order valence-corrected chi connectivity index (χ3v) is 7.28. The molecule has 4 N–H and O–H groups in total. The van der Waals surface area contributed by atoms with Crippen LogP contribution in [0, 0.1) is 11.8 Å². The number of alkyl carbamates (subject to hydrolysis) is 1. The van der Waals surface area contributed by atoms with Crippen molar-refractivity contribution in [2.45, 2.75) is 31.0 Å². The normalized spacial score (nSPS) is 27.0. The lowest BCUT2D eigenvalue weighted by molar-refractivity contribution is -0.128. The fourth-order valence-corrected chi connectivity index (χ4v) is 5.55. The second-order valence-electron chi connectivity index (χ2n) is 8.33.